The molecule has 140 valence electrons. The van der Waals surface area contributed by atoms with Crippen molar-refractivity contribution in [2.45, 2.75) is 37.5 Å². The number of imidazole rings is 1. The van der Waals surface area contributed by atoms with E-state index in [0.29, 0.717) is 18.8 Å². The fraction of sp³-hybridized carbons (Fsp3) is 0.412. The molecule has 2 aromatic rings. The Balaban J connectivity index is 1.67. The quantitative estimate of drug-likeness (QED) is 0.847. The van der Waals surface area contributed by atoms with Crippen LogP contribution in [-0.2, 0) is 26.1 Å². The highest BCUT2D eigenvalue weighted by molar-refractivity contribution is 7.89. The number of benzene rings is 1. The third-order valence-electron chi connectivity index (χ3n) is 4.05. The Morgan fingerprint density at radius 3 is 2.46 bits per heavy atom. The van der Waals surface area contributed by atoms with Gasteiger partial charge in [0.25, 0.3) is 0 Å². The number of morpholine rings is 1. The van der Waals surface area contributed by atoms with Crippen LogP contribution in [0.15, 0.2) is 47.9 Å². The summed E-state index contributed by atoms with van der Waals surface area (Å²) in [4.78, 5) is 16.1. The zero-order valence-electron chi connectivity index (χ0n) is 14.7. The van der Waals surface area contributed by atoms with Crippen LogP contribution < -0.4 is 5.32 Å². The highest BCUT2D eigenvalue weighted by Gasteiger charge is 2.32. The largest absolute Gasteiger partial charge is 0.373 e. The lowest BCUT2D eigenvalue weighted by Crippen LogP contribution is -2.48. The molecule has 3 rings (SSSR count). The number of aromatic nitrogens is 2. The van der Waals surface area contributed by atoms with E-state index in [0.717, 1.165) is 0 Å². The zero-order chi connectivity index (χ0) is 18.7. The van der Waals surface area contributed by atoms with Gasteiger partial charge in [0.15, 0.2) is 0 Å². The third-order valence-corrected chi connectivity index (χ3v) is 5.89. The van der Waals surface area contributed by atoms with Gasteiger partial charge in [-0.05, 0) is 38.1 Å². The van der Waals surface area contributed by atoms with Crippen molar-refractivity contribution < 1.29 is 17.9 Å². The summed E-state index contributed by atoms with van der Waals surface area (Å²) >= 11 is 0. The summed E-state index contributed by atoms with van der Waals surface area (Å²) in [5, 5.41) is 2.74. The summed E-state index contributed by atoms with van der Waals surface area (Å²) in [6.45, 7) is 4.52. The van der Waals surface area contributed by atoms with Gasteiger partial charge in [0.05, 0.1) is 23.4 Å². The summed E-state index contributed by atoms with van der Waals surface area (Å²) in [5.41, 5.74) is 0.540. The number of nitrogens with zero attached hydrogens (tertiary/aromatic N) is 3. The van der Waals surface area contributed by atoms with Crippen molar-refractivity contribution in [1.29, 1.82) is 0 Å². The van der Waals surface area contributed by atoms with Crippen molar-refractivity contribution in [3.63, 3.8) is 0 Å². The van der Waals surface area contributed by atoms with E-state index < -0.39 is 10.0 Å². The van der Waals surface area contributed by atoms with E-state index >= 15 is 0 Å². The van der Waals surface area contributed by atoms with Crippen LogP contribution in [0.2, 0.25) is 0 Å². The summed E-state index contributed by atoms with van der Waals surface area (Å²) in [5.74, 6) is -0.213. The first kappa shape index (κ1) is 18.6. The van der Waals surface area contributed by atoms with Gasteiger partial charge in [0.2, 0.25) is 15.9 Å². The summed E-state index contributed by atoms with van der Waals surface area (Å²) in [6, 6.07) is 6.19. The molecule has 1 amide bonds. The van der Waals surface area contributed by atoms with Crippen LogP contribution >= 0.6 is 0 Å². The van der Waals surface area contributed by atoms with Crippen molar-refractivity contribution in [2.75, 3.05) is 18.4 Å². The predicted molar refractivity (Wildman–Crippen MR) is 96.1 cm³/mol. The molecule has 1 N–H and O–H groups in total. The van der Waals surface area contributed by atoms with Crippen LogP contribution in [0.3, 0.4) is 0 Å². The molecule has 0 spiro atoms. The van der Waals surface area contributed by atoms with E-state index in [1.165, 1.54) is 16.4 Å². The van der Waals surface area contributed by atoms with E-state index in [1.807, 2.05) is 13.8 Å². The number of anilines is 1. The van der Waals surface area contributed by atoms with Crippen LogP contribution in [0.5, 0.6) is 0 Å². The zero-order valence-corrected chi connectivity index (χ0v) is 15.5. The van der Waals surface area contributed by atoms with Gasteiger partial charge in [-0.2, -0.15) is 4.31 Å². The molecule has 0 aliphatic carbocycles. The lowest BCUT2D eigenvalue weighted by molar-refractivity contribution is -0.116. The second kappa shape index (κ2) is 7.56. The van der Waals surface area contributed by atoms with Crippen molar-refractivity contribution in [3.05, 3.63) is 43.0 Å². The molecule has 0 bridgehead atoms. The molecule has 2 heterocycles. The van der Waals surface area contributed by atoms with Gasteiger partial charge in [-0.3, -0.25) is 4.79 Å². The third kappa shape index (κ3) is 4.29. The number of carbonyl (C=O) groups is 1. The molecule has 0 unspecified atom stereocenters. The topological polar surface area (TPSA) is 93.5 Å². The maximum absolute atomic E-state index is 12.8. The molecule has 0 radical (unpaired) electrons. The maximum Gasteiger partial charge on any atom is 0.244 e. The maximum atomic E-state index is 12.8. The van der Waals surface area contributed by atoms with Crippen molar-refractivity contribution in [2.24, 2.45) is 0 Å². The van der Waals surface area contributed by atoms with E-state index in [4.69, 9.17) is 4.74 Å². The number of hydrogen-bond donors (Lipinski definition) is 1. The normalized spacial score (nSPS) is 21.5. The standard InChI is InChI=1S/C17H22N4O4S/c1-13-9-21(10-14(2)25-13)26(23,24)16-5-3-15(4-6-16)19-17(22)11-20-8-7-18-12-20/h3-8,12-14H,9-11H2,1-2H3,(H,19,22)/t13-,14-/m1/s1. The van der Waals surface area contributed by atoms with Crippen molar-refractivity contribution in [3.8, 4) is 0 Å². The molecule has 1 saturated heterocycles. The molecule has 26 heavy (non-hydrogen) atoms. The monoisotopic (exact) mass is 378 g/mol. The van der Waals surface area contributed by atoms with Crippen LogP contribution in [-0.4, -0.2) is 53.5 Å². The molecule has 1 aromatic carbocycles. The van der Waals surface area contributed by atoms with Crippen molar-refractivity contribution >= 4 is 21.6 Å². The molecular formula is C17H22N4O4S. The Labute approximate surface area is 152 Å². The van der Waals surface area contributed by atoms with E-state index in [2.05, 4.69) is 10.3 Å². The fourth-order valence-electron chi connectivity index (χ4n) is 2.93. The molecule has 1 aromatic heterocycles. The second-order valence-corrected chi connectivity index (χ2v) is 8.32. The second-order valence-electron chi connectivity index (χ2n) is 6.39. The van der Waals surface area contributed by atoms with Gasteiger partial charge >= 0.3 is 0 Å². The molecule has 2 atom stereocenters. The Bertz CT molecular complexity index is 839. The lowest BCUT2D eigenvalue weighted by atomic mass is 10.3. The van der Waals surface area contributed by atoms with Gasteiger partial charge in [0.1, 0.15) is 6.54 Å². The van der Waals surface area contributed by atoms with Gasteiger partial charge in [-0.25, -0.2) is 13.4 Å². The first-order chi connectivity index (χ1) is 12.3. The Hall–Kier alpha value is -2.23. The number of sulfonamides is 1. The summed E-state index contributed by atoms with van der Waals surface area (Å²) in [6.07, 6.45) is 4.56. The van der Waals surface area contributed by atoms with Crippen LogP contribution in [0.25, 0.3) is 0 Å². The Kier molecular flexibility index (Phi) is 5.40. The lowest BCUT2D eigenvalue weighted by Gasteiger charge is -2.34. The fourth-order valence-corrected chi connectivity index (χ4v) is 4.52. The minimum Gasteiger partial charge on any atom is -0.373 e. The number of hydrogen-bond acceptors (Lipinski definition) is 5. The molecule has 1 fully saturated rings. The smallest absolute Gasteiger partial charge is 0.244 e. The SMILES string of the molecule is C[C@@H]1CN(S(=O)(=O)c2ccc(NC(=O)Cn3ccnc3)cc2)C[C@@H](C)O1. The number of nitrogens with one attached hydrogen (secondary N) is 1. The predicted octanol–water partition coefficient (Wildman–Crippen LogP) is 1.32. The molecular weight excluding hydrogens is 356 g/mol. The summed E-state index contributed by atoms with van der Waals surface area (Å²) < 4.78 is 34.3. The van der Waals surface area contributed by atoms with Gasteiger partial charge < -0.3 is 14.6 Å². The van der Waals surface area contributed by atoms with Crippen LogP contribution in [0.4, 0.5) is 5.69 Å². The minimum absolute atomic E-state index is 0.142. The first-order valence-electron chi connectivity index (χ1n) is 8.36. The van der Waals surface area contributed by atoms with Crippen LogP contribution in [0.1, 0.15) is 13.8 Å². The summed E-state index contributed by atoms with van der Waals surface area (Å²) in [7, 11) is -3.59. The van der Waals surface area contributed by atoms with Gasteiger partial charge in [-0.15, -0.1) is 0 Å². The number of amides is 1. The molecule has 8 nitrogen and oxygen atoms in total. The highest BCUT2D eigenvalue weighted by Crippen LogP contribution is 2.22. The Morgan fingerprint density at radius 2 is 1.88 bits per heavy atom. The van der Waals surface area contributed by atoms with E-state index in [-0.39, 0.29) is 29.6 Å². The van der Waals surface area contributed by atoms with E-state index in [1.54, 1.807) is 35.4 Å². The molecule has 0 saturated carbocycles. The Morgan fingerprint density at radius 1 is 1.23 bits per heavy atom. The average molecular weight is 378 g/mol. The van der Waals surface area contributed by atoms with Gasteiger partial charge in [-0.1, -0.05) is 0 Å². The molecule has 1 aliphatic heterocycles. The molecule has 9 heteroatoms. The van der Waals surface area contributed by atoms with E-state index in [9.17, 15) is 13.2 Å². The van der Waals surface area contributed by atoms with Crippen molar-refractivity contribution in [1.82, 2.24) is 13.9 Å². The average Bonchev–Trinajstić information content (AvgIpc) is 3.07. The minimum atomic E-state index is -3.59. The first-order valence-corrected chi connectivity index (χ1v) is 9.80. The van der Waals surface area contributed by atoms with Gasteiger partial charge in [0, 0.05) is 31.2 Å². The highest BCUT2D eigenvalue weighted by atomic mass is 32.2. The number of rotatable bonds is 5. The van der Waals surface area contributed by atoms with Crippen LogP contribution in [0, 0.1) is 0 Å². The number of carbonyl (C=O) groups excluding carboxylic acids is 1. The molecule has 1 aliphatic rings. The number of ether oxygens (including phenoxy) is 1.